The number of carbonyl (C=O) groups excluding carboxylic acids is 1. The van der Waals surface area contributed by atoms with Gasteiger partial charge in [0.05, 0.1) is 11.2 Å². The van der Waals surface area contributed by atoms with Gasteiger partial charge in [-0.15, -0.1) is 0 Å². The maximum atomic E-state index is 12.7. The maximum Gasteiger partial charge on any atom is 0.228 e. The van der Waals surface area contributed by atoms with Gasteiger partial charge in [0.2, 0.25) is 15.9 Å². The van der Waals surface area contributed by atoms with E-state index in [0.717, 1.165) is 24.8 Å². The molecule has 1 aliphatic carbocycles. The molecule has 0 spiro atoms. The number of ether oxygens (including phenoxy) is 1. The van der Waals surface area contributed by atoms with E-state index in [4.69, 9.17) is 4.74 Å². The van der Waals surface area contributed by atoms with E-state index in [-0.39, 0.29) is 17.1 Å². The third kappa shape index (κ3) is 4.22. The fraction of sp³-hybridized carbons (Fsp3) is 0.611. The van der Waals surface area contributed by atoms with Crippen molar-refractivity contribution in [2.75, 3.05) is 39.9 Å². The van der Waals surface area contributed by atoms with Crippen molar-refractivity contribution in [3.63, 3.8) is 0 Å². The van der Waals surface area contributed by atoms with Crippen molar-refractivity contribution in [3.8, 4) is 0 Å². The van der Waals surface area contributed by atoms with Crippen LogP contribution in [0.1, 0.15) is 24.8 Å². The van der Waals surface area contributed by atoms with Gasteiger partial charge < -0.3 is 9.64 Å². The highest BCUT2D eigenvalue weighted by molar-refractivity contribution is 7.88. The van der Waals surface area contributed by atoms with Gasteiger partial charge in [-0.3, -0.25) is 4.79 Å². The van der Waals surface area contributed by atoms with Crippen LogP contribution in [0.25, 0.3) is 0 Å². The number of hydrogen-bond acceptors (Lipinski definition) is 4. The summed E-state index contributed by atoms with van der Waals surface area (Å²) in [5.41, 5.74) is 0.540. The van der Waals surface area contributed by atoms with E-state index >= 15 is 0 Å². The third-order valence-corrected chi connectivity index (χ3v) is 7.05. The largest absolute Gasteiger partial charge is 0.385 e. The maximum absolute atomic E-state index is 12.7. The summed E-state index contributed by atoms with van der Waals surface area (Å²) in [6, 6.07) is 9.21. The van der Waals surface area contributed by atoms with Crippen molar-refractivity contribution < 1.29 is 17.9 Å². The molecule has 1 amide bonds. The SMILES string of the molecule is COCCC1(C(=O)N2CCN(S(=O)(=O)Cc3ccccc3)CC2)CC1. The van der Waals surface area contributed by atoms with Crippen LogP contribution in [-0.4, -0.2) is 63.4 Å². The fourth-order valence-electron chi connectivity index (χ4n) is 3.40. The van der Waals surface area contributed by atoms with Gasteiger partial charge in [-0.05, 0) is 24.8 Å². The number of nitrogens with zero attached hydrogens (tertiary/aromatic N) is 2. The molecule has 2 aliphatic rings. The number of amides is 1. The monoisotopic (exact) mass is 366 g/mol. The van der Waals surface area contributed by atoms with E-state index in [9.17, 15) is 13.2 Å². The van der Waals surface area contributed by atoms with Gasteiger partial charge in [0.1, 0.15) is 0 Å². The van der Waals surface area contributed by atoms with Crippen molar-refractivity contribution in [1.29, 1.82) is 0 Å². The number of methoxy groups -OCH3 is 1. The molecule has 0 aromatic heterocycles. The smallest absolute Gasteiger partial charge is 0.228 e. The molecule has 7 heteroatoms. The van der Waals surface area contributed by atoms with Crippen LogP contribution in [0.3, 0.4) is 0 Å². The highest BCUT2D eigenvalue weighted by Gasteiger charge is 2.51. The molecule has 1 aromatic rings. The average molecular weight is 366 g/mol. The molecule has 0 N–H and O–H groups in total. The first-order valence-corrected chi connectivity index (χ1v) is 10.4. The first-order chi connectivity index (χ1) is 12.0. The summed E-state index contributed by atoms with van der Waals surface area (Å²) in [6.07, 6.45) is 2.60. The zero-order valence-corrected chi connectivity index (χ0v) is 15.5. The molecule has 1 heterocycles. The lowest BCUT2D eigenvalue weighted by Crippen LogP contribution is -2.52. The fourth-order valence-corrected chi connectivity index (χ4v) is 4.92. The van der Waals surface area contributed by atoms with Gasteiger partial charge in [-0.25, -0.2) is 8.42 Å². The van der Waals surface area contributed by atoms with Crippen LogP contribution in [-0.2, 0) is 25.3 Å². The van der Waals surface area contributed by atoms with Gasteiger partial charge in [-0.1, -0.05) is 30.3 Å². The van der Waals surface area contributed by atoms with Crippen molar-refractivity contribution in [2.45, 2.75) is 25.0 Å². The molecule has 0 radical (unpaired) electrons. The number of sulfonamides is 1. The Morgan fingerprint density at radius 1 is 1.12 bits per heavy atom. The Labute approximate surface area is 149 Å². The summed E-state index contributed by atoms with van der Waals surface area (Å²) < 4.78 is 31.8. The lowest BCUT2D eigenvalue weighted by atomic mass is 10.0. The Kier molecular flexibility index (Phi) is 5.46. The zero-order chi connectivity index (χ0) is 17.9. The van der Waals surface area contributed by atoms with Crippen molar-refractivity contribution in [3.05, 3.63) is 35.9 Å². The summed E-state index contributed by atoms with van der Waals surface area (Å²) in [5, 5.41) is 0. The summed E-state index contributed by atoms with van der Waals surface area (Å²) in [7, 11) is -1.69. The van der Waals surface area contributed by atoms with Gasteiger partial charge in [-0.2, -0.15) is 4.31 Å². The van der Waals surface area contributed by atoms with Gasteiger partial charge in [0, 0.05) is 39.9 Å². The zero-order valence-electron chi connectivity index (χ0n) is 14.7. The van der Waals surface area contributed by atoms with Crippen molar-refractivity contribution >= 4 is 15.9 Å². The molecular formula is C18H26N2O4S. The van der Waals surface area contributed by atoms with E-state index in [1.807, 2.05) is 35.2 Å². The van der Waals surface area contributed by atoms with Gasteiger partial charge in [0.25, 0.3) is 0 Å². The molecular weight excluding hydrogens is 340 g/mol. The summed E-state index contributed by atoms with van der Waals surface area (Å²) >= 11 is 0. The van der Waals surface area contributed by atoms with Crippen LogP contribution in [0.15, 0.2) is 30.3 Å². The van der Waals surface area contributed by atoms with E-state index in [1.165, 1.54) is 4.31 Å². The minimum absolute atomic E-state index is 0.0135. The first-order valence-electron chi connectivity index (χ1n) is 8.77. The lowest BCUT2D eigenvalue weighted by Gasteiger charge is -2.36. The van der Waals surface area contributed by atoms with E-state index in [2.05, 4.69) is 0 Å². The quantitative estimate of drug-likeness (QED) is 0.733. The van der Waals surface area contributed by atoms with Crippen LogP contribution in [0.4, 0.5) is 0 Å². The highest BCUT2D eigenvalue weighted by atomic mass is 32.2. The number of carbonyl (C=O) groups is 1. The minimum Gasteiger partial charge on any atom is -0.385 e. The average Bonchev–Trinajstić information content (AvgIpc) is 3.41. The van der Waals surface area contributed by atoms with Crippen LogP contribution >= 0.6 is 0 Å². The number of piperazine rings is 1. The molecule has 6 nitrogen and oxygen atoms in total. The predicted octanol–water partition coefficient (Wildman–Crippen LogP) is 1.48. The molecule has 1 saturated carbocycles. The number of benzene rings is 1. The van der Waals surface area contributed by atoms with E-state index < -0.39 is 10.0 Å². The summed E-state index contributed by atoms with van der Waals surface area (Å²) in [6.45, 7) is 2.29. The summed E-state index contributed by atoms with van der Waals surface area (Å²) in [4.78, 5) is 14.6. The number of hydrogen-bond donors (Lipinski definition) is 0. The lowest BCUT2D eigenvalue weighted by molar-refractivity contribution is -0.139. The molecule has 1 aliphatic heterocycles. The second-order valence-corrected chi connectivity index (χ2v) is 8.93. The molecule has 3 rings (SSSR count). The van der Waals surface area contributed by atoms with E-state index in [0.29, 0.717) is 32.8 Å². The summed E-state index contributed by atoms with van der Waals surface area (Å²) in [5.74, 6) is 0.184. The Balaban J connectivity index is 1.55. The Bertz CT molecular complexity index is 693. The van der Waals surface area contributed by atoms with Crippen molar-refractivity contribution in [2.24, 2.45) is 5.41 Å². The molecule has 2 fully saturated rings. The molecule has 1 aromatic carbocycles. The van der Waals surface area contributed by atoms with E-state index in [1.54, 1.807) is 7.11 Å². The van der Waals surface area contributed by atoms with Crippen LogP contribution < -0.4 is 0 Å². The topological polar surface area (TPSA) is 66.9 Å². The molecule has 138 valence electrons. The predicted molar refractivity (Wildman–Crippen MR) is 95.4 cm³/mol. The Morgan fingerprint density at radius 2 is 1.76 bits per heavy atom. The first kappa shape index (κ1) is 18.4. The number of rotatable bonds is 7. The highest BCUT2D eigenvalue weighted by Crippen LogP contribution is 2.50. The van der Waals surface area contributed by atoms with Gasteiger partial charge >= 0.3 is 0 Å². The Hall–Kier alpha value is -1.44. The molecule has 0 bridgehead atoms. The van der Waals surface area contributed by atoms with Crippen molar-refractivity contribution in [1.82, 2.24) is 9.21 Å². The Morgan fingerprint density at radius 3 is 2.32 bits per heavy atom. The van der Waals surface area contributed by atoms with Crippen LogP contribution in [0.2, 0.25) is 0 Å². The second kappa shape index (κ2) is 7.43. The van der Waals surface area contributed by atoms with Gasteiger partial charge in [0.15, 0.2) is 0 Å². The normalized spacial score (nSPS) is 20.4. The minimum atomic E-state index is -3.34. The standard InChI is InChI=1S/C18H26N2O4S/c1-24-14-9-18(7-8-18)17(21)19-10-12-20(13-11-19)25(22,23)15-16-5-3-2-4-6-16/h2-6H,7-15H2,1H3. The molecule has 0 atom stereocenters. The molecule has 0 unspecified atom stereocenters. The third-order valence-electron chi connectivity index (χ3n) is 5.20. The van der Waals surface area contributed by atoms with Crippen LogP contribution in [0.5, 0.6) is 0 Å². The molecule has 1 saturated heterocycles. The second-order valence-electron chi connectivity index (χ2n) is 6.96. The molecule has 25 heavy (non-hydrogen) atoms. The van der Waals surface area contributed by atoms with Crippen LogP contribution in [0, 0.1) is 5.41 Å².